The molecule has 0 aliphatic rings. The average molecular weight is 352 g/mol. The third-order valence-electron chi connectivity index (χ3n) is 1.18. The molecule has 66 valence electrons. The van der Waals surface area contributed by atoms with Crippen LogP contribution in [0, 0.1) is 9.52 Å². The van der Waals surface area contributed by atoms with E-state index >= 15 is 0 Å². The fourth-order valence-electron chi connectivity index (χ4n) is 0.645. The van der Waals surface area contributed by atoms with Gasteiger partial charge in [0.15, 0.2) is 0 Å². The fraction of sp³-hybridized carbons (Fsp3) is 0.167. The molecular formula is C6H2BrF3IN. The maximum Gasteiger partial charge on any atom is 0.269 e. The second kappa shape index (κ2) is 3.91. The molecule has 1 heterocycles. The molecule has 0 saturated heterocycles. The summed E-state index contributed by atoms with van der Waals surface area (Å²) in [6.45, 7) is 0. The third kappa shape index (κ3) is 1.90. The van der Waals surface area contributed by atoms with Gasteiger partial charge in [0.25, 0.3) is 6.43 Å². The van der Waals surface area contributed by atoms with Gasteiger partial charge in [-0.05, 0) is 38.5 Å². The lowest BCUT2D eigenvalue weighted by Crippen LogP contribution is -1.97. The molecular weight excluding hydrogens is 350 g/mol. The lowest BCUT2D eigenvalue weighted by atomic mass is 10.3. The Hall–Kier alpha value is 0.150. The predicted octanol–water partition coefficient (Wildman–Crippen LogP) is 3.53. The first-order valence-corrected chi connectivity index (χ1v) is 4.68. The van der Waals surface area contributed by atoms with Gasteiger partial charge in [-0.25, -0.2) is 13.8 Å². The van der Waals surface area contributed by atoms with Crippen molar-refractivity contribution < 1.29 is 13.2 Å². The van der Waals surface area contributed by atoms with E-state index < -0.39 is 17.9 Å². The molecule has 0 saturated carbocycles. The van der Waals surface area contributed by atoms with Gasteiger partial charge in [0, 0.05) is 14.2 Å². The summed E-state index contributed by atoms with van der Waals surface area (Å²) in [5, 5.41) is 0. The van der Waals surface area contributed by atoms with E-state index in [-0.39, 0.29) is 4.47 Å². The molecule has 0 radical (unpaired) electrons. The second-order valence-electron chi connectivity index (χ2n) is 1.93. The van der Waals surface area contributed by atoms with Crippen molar-refractivity contribution >= 4 is 38.5 Å². The average Bonchev–Trinajstić information content (AvgIpc) is 1.97. The summed E-state index contributed by atoms with van der Waals surface area (Å²) in [7, 11) is 0. The Morgan fingerprint density at radius 2 is 2.08 bits per heavy atom. The predicted molar refractivity (Wildman–Crippen MR) is 49.6 cm³/mol. The van der Waals surface area contributed by atoms with Crippen LogP contribution < -0.4 is 0 Å². The summed E-state index contributed by atoms with van der Waals surface area (Å²) in [6.07, 6.45) is -1.66. The molecule has 0 bridgehead atoms. The van der Waals surface area contributed by atoms with Gasteiger partial charge in [-0.3, -0.25) is 0 Å². The number of hydrogen-bond acceptors (Lipinski definition) is 1. The van der Waals surface area contributed by atoms with Crippen molar-refractivity contribution in [3.05, 3.63) is 25.8 Å². The van der Waals surface area contributed by atoms with Gasteiger partial charge in [-0.1, -0.05) is 0 Å². The van der Waals surface area contributed by atoms with Crippen LogP contribution >= 0.6 is 38.5 Å². The molecule has 0 fully saturated rings. The van der Waals surface area contributed by atoms with E-state index in [0.717, 1.165) is 0 Å². The van der Waals surface area contributed by atoms with Crippen molar-refractivity contribution in [3.63, 3.8) is 0 Å². The normalized spacial score (nSPS) is 10.8. The van der Waals surface area contributed by atoms with Crippen molar-refractivity contribution in [1.82, 2.24) is 4.98 Å². The Kier molecular flexibility index (Phi) is 3.33. The van der Waals surface area contributed by atoms with Crippen LogP contribution in [-0.2, 0) is 0 Å². The summed E-state index contributed by atoms with van der Waals surface area (Å²) in [5.41, 5.74) is -0.679. The first-order valence-electron chi connectivity index (χ1n) is 2.81. The zero-order valence-corrected chi connectivity index (χ0v) is 9.24. The number of pyridine rings is 1. The van der Waals surface area contributed by atoms with E-state index in [9.17, 15) is 13.2 Å². The highest BCUT2D eigenvalue weighted by molar-refractivity contribution is 14.1. The second-order valence-corrected chi connectivity index (χ2v) is 3.88. The minimum Gasteiger partial charge on any atom is -0.227 e. The van der Waals surface area contributed by atoms with Gasteiger partial charge in [0.1, 0.15) is 0 Å². The van der Waals surface area contributed by atoms with Crippen LogP contribution in [-0.4, -0.2) is 4.98 Å². The molecule has 1 nitrogen and oxygen atoms in total. The summed E-state index contributed by atoms with van der Waals surface area (Å²) >= 11 is 4.65. The van der Waals surface area contributed by atoms with E-state index in [0.29, 0.717) is 3.57 Å². The van der Waals surface area contributed by atoms with Crippen molar-refractivity contribution in [2.75, 3.05) is 0 Å². The Morgan fingerprint density at radius 1 is 1.50 bits per heavy atom. The van der Waals surface area contributed by atoms with Crippen molar-refractivity contribution in [2.45, 2.75) is 6.43 Å². The van der Waals surface area contributed by atoms with Gasteiger partial charge < -0.3 is 0 Å². The molecule has 12 heavy (non-hydrogen) atoms. The van der Waals surface area contributed by atoms with Gasteiger partial charge in [-0.15, -0.1) is 0 Å². The molecule has 0 unspecified atom stereocenters. The van der Waals surface area contributed by atoms with Crippen LogP contribution in [0.2, 0.25) is 0 Å². The van der Waals surface area contributed by atoms with Gasteiger partial charge in [0.2, 0.25) is 5.95 Å². The monoisotopic (exact) mass is 351 g/mol. The number of halogens is 5. The molecule has 0 amide bonds. The highest BCUT2D eigenvalue weighted by Crippen LogP contribution is 2.31. The maximum atomic E-state index is 12.7. The van der Waals surface area contributed by atoms with E-state index in [1.54, 1.807) is 22.6 Å². The summed E-state index contributed by atoms with van der Waals surface area (Å²) < 4.78 is 37.5. The van der Waals surface area contributed by atoms with Crippen LogP contribution in [0.15, 0.2) is 10.7 Å². The first-order chi connectivity index (χ1) is 5.54. The Bertz CT molecular complexity index is 305. The molecule has 0 atom stereocenters. The zero-order chi connectivity index (χ0) is 9.30. The Morgan fingerprint density at radius 3 is 2.50 bits per heavy atom. The highest BCUT2D eigenvalue weighted by Gasteiger charge is 2.19. The van der Waals surface area contributed by atoms with Crippen molar-refractivity contribution in [2.24, 2.45) is 0 Å². The largest absolute Gasteiger partial charge is 0.269 e. The number of nitrogens with zero attached hydrogens (tertiary/aromatic N) is 1. The smallest absolute Gasteiger partial charge is 0.227 e. The number of aromatic nitrogens is 1. The summed E-state index contributed by atoms with van der Waals surface area (Å²) in [4.78, 5) is 3.18. The molecule has 0 aliphatic heterocycles. The lowest BCUT2D eigenvalue weighted by molar-refractivity contribution is 0.144. The van der Waals surface area contributed by atoms with Crippen molar-refractivity contribution in [3.8, 4) is 0 Å². The van der Waals surface area contributed by atoms with Crippen LogP contribution in [0.4, 0.5) is 13.2 Å². The molecule has 0 aromatic carbocycles. The Labute approximate surface area is 88.6 Å². The van der Waals surface area contributed by atoms with Crippen LogP contribution in [0.25, 0.3) is 0 Å². The molecule has 1 rings (SSSR count). The van der Waals surface area contributed by atoms with E-state index in [1.165, 1.54) is 6.20 Å². The maximum absolute atomic E-state index is 12.7. The number of hydrogen-bond donors (Lipinski definition) is 0. The van der Waals surface area contributed by atoms with Gasteiger partial charge in [0.05, 0.1) is 5.56 Å². The zero-order valence-electron chi connectivity index (χ0n) is 5.49. The lowest BCUT2D eigenvalue weighted by Gasteiger charge is -2.04. The minimum absolute atomic E-state index is 0.0746. The van der Waals surface area contributed by atoms with Crippen molar-refractivity contribution in [1.29, 1.82) is 0 Å². The topological polar surface area (TPSA) is 12.9 Å². The van der Waals surface area contributed by atoms with Crippen LogP contribution in [0.3, 0.4) is 0 Å². The molecule has 0 N–H and O–H groups in total. The van der Waals surface area contributed by atoms with E-state index in [4.69, 9.17) is 0 Å². The Balaban J connectivity index is 3.33. The van der Waals surface area contributed by atoms with Crippen LogP contribution in [0.1, 0.15) is 12.0 Å². The molecule has 0 aliphatic carbocycles. The highest BCUT2D eigenvalue weighted by atomic mass is 127. The SMILES string of the molecule is Fc1ncc(I)c(Br)c1C(F)F. The number of rotatable bonds is 1. The fourth-order valence-corrected chi connectivity index (χ4v) is 1.51. The summed E-state index contributed by atoms with van der Waals surface area (Å²) in [6, 6.07) is 0. The molecule has 6 heteroatoms. The first kappa shape index (κ1) is 10.2. The van der Waals surface area contributed by atoms with E-state index in [1.807, 2.05) is 0 Å². The van der Waals surface area contributed by atoms with Gasteiger partial charge in [-0.2, -0.15) is 4.39 Å². The van der Waals surface area contributed by atoms with Gasteiger partial charge >= 0.3 is 0 Å². The minimum atomic E-state index is -2.85. The summed E-state index contributed by atoms with van der Waals surface area (Å²) in [5.74, 6) is -1.13. The standard InChI is InChI=1S/C6H2BrF3IN/c7-4-2(11)1-12-6(10)3(4)5(8)9/h1,5H. The molecule has 1 aromatic rings. The quantitative estimate of drug-likeness (QED) is 0.557. The third-order valence-corrected chi connectivity index (χ3v) is 3.59. The molecule has 1 aromatic heterocycles. The van der Waals surface area contributed by atoms with E-state index in [2.05, 4.69) is 20.9 Å². The van der Waals surface area contributed by atoms with Crippen LogP contribution in [0.5, 0.6) is 0 Å². The molecule has 0 spiro atoms. The number of alkyl halides is 2.